The molecule has 1 atom stereocenters. The lowest BCUT2D eigenvalue weighted by Gasteiger charge is -2.42. The first-order valence-corrected chi connectivity index (χ1v) is 6.04. The van der Waals surface area contributed by atoms with Crippen LogP contribution in [0.15, 0.2) is 11.8 Å². The molecule has 0 saturated carbocycles. The highest BCUT2D eigenvalue weighted by Crippen LogP contribution is 2.56. The Labute approximate surface area is 109 Å². The van der Waals surface area contributed by atoms with Gasteiger partial charge in [-0.3, -0.25) is 0 Å². The number of anilines is 2. The summed E-state index contributed by atoms with van der Waals surface area (Å²) in [4.78, 5) is 1.96. The van der Waals surface area contributed by atoms with E-state index in [1.54, 1.807) is 12.3 Å². The number of nitrogens with two attached hydrogens (primary N) is 1. The zero-order valence-electron chi connectivity index (χ0n) is 10.2. The zero-order valence-corrected chi connectivity index (χ0v) is 10.2. The second-order valence-corrected chi connectivity index (χ2v) is 4.97. The summed E-state index contributed by atoms with van der Waals surface area (Å²) in [7, 11) is 0. The minimum absolute atomic E-state index is 0.0507. The summed E-state index contributed by atoms with van der Waals surface area (Å²) in [6.45, 7) is 2.41. The Kier molecular flexibility index (Phi) is 1.70. The number of halogens is 1. The quantitative estimate of drug-likeness (QED) is 0.722. The van der Waals surface area contributed by atoms with Crippen LogP contribution in [0.5, 0.6) is 5.75 Å². The van der Waals surface area contributed by atoms with Crippen LogP contribution in [-0.4, -0.2) is 12.6 Å². The first-order chi connectivity index (χ1) is 9.13. The van der Waals surface area contributed by atoms with E-state index in [0.717, 1.165) is 16.8 Å². The third-order valence-corrected chi connectivity index (χ3v) is 3.88. The van der Waals surface area contributed by atoms with Gasteiger partial charge in [-0.2, -0.15) is 5.26 Å². The van der Waals surface area contributed by atoms with Crippen molar-refractivity contribution in [1.82, 2.24) is 0 Å². The van der Waals surface area contributed by atoms with Gasteiger partial charge in [-0.25, -0.2) is 4.39 Å². The molecule has 2 heterocycles. The average molecular weight is 255 g/mol. The molecule has 1 aliphatic carbocycles. The third kappa shape index (κ3) is 1.03. The van der Waals surface area contributed by atoms with Gasteiger partial charge >= 0.3 is 0 Å². The molecule has 0 aromatic heterocycles. The van der Waals surface area contributed by atoms with Gasteiger partial charge in [-0.1, -0.05) is 0 Å². The maximum Gasteiger partial charge on any atom is 0.169 e. The molecule has 0 fully saturated rings. The largest absolute Gasteiger partial charge is 0.487 e. The molecule has 0 radical (unpaired) electrons. The molecular weight excluding hydrogens is 245 g/mol. The number of allylic oxidation sites excluding steroid dienone is 2. The molecule has 5 heteroatoms. The molecule has 2 N–H and O–H groups in total. The van der Waals surface area contributed by atoms with Crippen molar-refractivity contribution in [3.63, 3.8) is 0 Å². The van der Waals surface area contributed by atoms with Crippen molar-refractivity contribution in [1.29, 1.82) is 5.26 Å². The number of nitriles is 1. The SMILES string of the molecule is CC1COc2c(N)c(F)c3c4c2N1C=C(C#N)C4=C3. The van der Waals surface area contributed by atoms with Gasteiger partial charge in [0.1, 0.15) is 18.4 Å². The van der Waals surface area contributed by atoms with Crippen LogP contribution in [0.2, 0.25) is 0 Å². The van der Waals surface area contributed by atoms with Crippen LogP contribution in [-0.2, 0) is 0 Å². The number of hydrogen-bond acceptors (Lipinski definition) is 4. The molecule has 19 heavy (non-hydrogen) atoms. The smallest absolute Gasteiger partial charge is 0.169 e. The first kappa shape index (κ1) is 10.4. The van der Waals surface area contributed by atoms with Crippen LogP contribution in [0.25, 0.3) is 11.6 Å². The number of nitrogens with zero attached hydrogens (tertiary/aromatic N) is 2. The van der Waals surface area contributed by atoms with Gasteiger partial charge in [0.15, 0.2) is 11.6 Å². The summed E-state index contributed by atoms with van der Waals surface area (Å²) in [5, 5.41) is 9.19. The van der Waals surface area contributed by atoms with Crippen molar-refractivity contribution in [3.8, 4) is 11.8 Å². The molecule has 94 valence electrons. The first-order valence-electron chi connectivity index (χ1n) is 6.04. The molecule has 1 aromatic carbocycles. The number of benzene rings is 1. The van der Waals surface area contributed by atoms with E-state index in [2.05, 4.69) is 6.07 Å². The van der Waals surface area contributed by atoms with E-state index in [1.165, 1.54) is 0 Å². The van der Waals surface area contributed by atoms with E-state index in [9.17, 15) is 9.65 Å². The summed E-state index contributed by atoms with van der Waals surface area (Å²) in [5.41, 5.74) is 9.23. The summed E-state index contributed by atoms with van der Waals surface area (Å²) in [6.07, 6.45) is 3.47. The Balaban J connectivity index is 2.09. The number of nitrogen functional groups attached to an aromatic ring is 1. The molecule has 0 bridgehead atoms. The van der Waals surface area contributed by atoms with Gasteiger partial charge in [-0.05, 0) is 13.0 Å². The highest BCUT2D eigenvalue weighted by molar-refractivity contribution is 6.13. The number of rotatable bonds is 0. The van der Waals surface area contributed by atoms with E-state index in [-0.39, 0.29) is 11.7 Å². The Morgan fingerprint density at radius 1 is 1.58 bits per heavy atom. The summed E-state index contributed by atoms with van der Waals surface area (Å²) in [5.74, 6) is -0.0561. The molecule has 4 nitrogen and oxygen atoms in total. The standard InChI is InChI=1S/C14H10FN3O/c1-6-5-19-14-12(17)11(15)9-2-8-7(3-16)4-18(6)13(14)10(8)9/h2,4,6H,5,17H2,1H3. The lowest BCUT2D eigenvalue weighted by atomic mass is 9.79. The van der Waals surface area contributed by atoms with Crippen LogP contribution < -0.4 is 15.4 Å². The van der Waals surface area contributed by atoms with Crippen molar-refractivity contribution in [2.75, 3.05) is 17.2 Å². The molecule has 1 unspecified atom stereocenters. The monoisotopic (exact) mass is 255 g/mol. The van der Waals surface area contributed by atoms with Crippen molar-refractivity contribution >= 4 is 23.0 Å². The maximum atomic E-state index is 14.1. The molecule has 0 saturated heterocycles. The summed E-state index contributed by atoms with van der Waals surface area (Å²) in [6, 6.07) is 2.25. The number of hydrogen-bond donors (Lipinski definition) is 1. The Morgan fingerprint density at radius 3 is 3.11 bits per heavy atom. The van der Waals surface area contributed by atoms with Gasteiger partial charge in [0.05, 0.1) is 17.3 Å². The van der Waals surface area contributed by atoms with Crippen molar-refractivity contribution in [3.05, 3.63) is 28.7 Å². The fourth-order valence-electron chi connectivity index (χ4n) is 2.87. The minimum Gasteiger partial charge on any atom is -0.487 e. The predicted molar refractivity (Wildman–Crippen MR) is 69.8 cm³/mol. The molecular formula is C14H10FN3O. The van der Waals surface area contributed by atoms with Gasteiger partial charge in [-0.15, -0.1) is 0 Å². The van der Waals surface area contributed by atoms with Crippen molar-refractivity contribution in [2.24, 2.45) is 0 Å². The van der Waals surface area contributed by atoms with Gasteiger partial charge in [0.2, 0.25) is 0 Å². The minimum atomic E-state index is -0.453. The highest BCUT2D eigenvalue weighted by atomic mass is 19.1. The topological polar surface area (TPSA) is 62.3 Å². The highest BCUT2D eigenvalue weighted by Gasteiger charge is 2.40. The van der Waals surface area contributed by atoms with E-state index in [4.69, 9.17) is 10.5 Å². The Bertz CT molecular complexity index is 742. The summed E-state index contributed by atoms with van der Waals surface area (Å²) < 4.78 is 19.7. The third-order valence-electron chi connectivity index (χ3n) is 3.88. The lowest BCUT2D eigenvalue weighted by molar-refractivity contribution is 0.277. The zero-order chi connectivity index (χ0) is 13.3. The molecule has 0 amide bonds. The van der Waals surface area contributed by atoms with E-state index < -0.39 is 5.82 Å². The van der Waals surface area contributed by atoms with Gasteiger partial charge in [0, 0.05) is 22.9 Å². The molecule has 2 aliphatic heterocycles. The maximum absolute atomic E-state index is 14.1. The predicted octanol–water partition coefficient (Wildman–Crippen LogP) is 2.27. The van der Waals surface area contributed by atoms with E-state index in [0.29, 0.717) is 23.5 Å². The second-order valence-electron chi connectivity index (χ2n) is 4.97. The normalized spacial score (nSPS) is 21.5. The van der Waals surface area contributed by atoms with Crippen LogP contribution in [0.1, 0.15) is 18.1 Å². The Hall–Kier alpha value is -2.48. The van der Waals surface area contributed by atoms with Crippen LogP contribution in [0.3, 0.4) is 0 Å². The van der Waals surface area contributed by atoms with Crippen molar-refractivity contribution < 1.29 is 9.13 Å². The Morgan fingerprint density at radius 2 is 2.37 bits per heavy atom. The fourth-order valence-corrected chi connectivity index (χ4v) is 2.87. The van der Waals surface area contributed by atoms with Crippen LogP contribution in [0.4, 0.5) is 15.8 Å². The lowest BCUT2D eigenvalue weighted by Crippen LogP contribution is -2.41. The van der Waals surface area contributed by atoms with Gasteiger partial charge in [0.25, 0.3) is 0 Å². The fraction of sp³-hybridized carbons (Fsp3) is 0.214. The van der Waals surface area contributed by atoms with E-state index in [1.807, 2.05) is 11.8 Å². The molecule has 3 aliphatic rings. The van der Waals surface area contributed by atoms with E-state index >= 15 is 0 Å². The molecule has 0 spiro atoms. The van der Waals surface area contributed by atoms with Gasteiger partial charge < -0.3 is 15.4 Å². The van der Waals surface area contributed by atoms with Crippen molar-refractivity contribution in [2.45, 2.75) is 13.0 Å². The second kappa shape index (κ2) is 3.09. The molecule has 4 rings (SSSR count). The van der Waals surface area contributed by atoms with Crippen LogP contribution in [0, 0.1) is 17.1 Å². The average Bonchev–Trinajstić information content (AvgIpc) is 2.37. The summed E-state index contributed by atoms with van der Waals surface area (Å²) >= 11 is 0. The molecule has 1 aromatic rings. The number of ether oxygens (including phenoxy) is 1. The van der Waals surface area contributed by atoms with Crippen LogP contribution >= 0.6 is 0 Å².